The Hall–Kier alpha value is -3.40. The number of nitrogens with zero attached hydrogens (tertiary/aromatic N) is 3. The molecule has 1 atom stereocenters. The van der Waals surface area contributed by atoms with Crippen LogP contribution in [0.4, 0.5) is 14.3 Å². The van der Waals surface area contributed by atoms with Crippen molar-refractivity contribution in [1.82, 2.24) is 9.88 Å². The molecular formula is C31H42FN3O7S. The molecule has 10 nitrogen and oxygen atoms in total. The zero-order valence-electron chi connectivity index (χ0n) is 26.2. The van der Waals surface area contributed by atoms with Crippen LogP contribution in [0.1, 0.15) is 75.3 Å². The first-order valence-electron chi connectivity index (χ1n) is 14.2. The van der Waals surface area contributed by atoms with Crippen LogP contribution >= 0.6 is 11.3 Å². The Morgan fingerprint density at radius 1 is 1.28 bits per heavy atom. The molecule has 0 aliphatic carbocycles. The topological polar surface area (TPSA) is 99.7 Å². The molecule has 1 unspecified atom stereocenters. The molecule has 2 heterocycles. The first-order valence-corrected chi connectivity index (χ1v) is 15.1. The summed E-state index contributed by atoms with van der Waals surface area (Å²) in [6, 6.07) is 4.47. The van der Waals surface area contributed by atoms with Crippen LogP contribution in [-0.4, -0.2) is 80.0 Å². The summed E-state index contributed by atoms with van der Waals surface area (Å²) in [6.45, 7) is 12.7. The number of hydrogen-bond acceptors (Lipinski definition) is 10. The number of aryl methyl sites for hydroxylation is 1. The predicted octanol–water partition coefficient (Wildman–Crippen LogP) is 5.62. The number of anilines is 1. The number of rotatable bonds is 10. The second-order valence-electron chi connectivity index (χ2n) is 11.4. The van der Waals surface area contributed by atoms with Crippen LogP contribution in [-0.2, 0) is 25.4 Å². The summed E-state index contributed by atoms with van der Waals surface area (Å²) in [6.07, 6.45) is 0.979. The molecule has 0 spiro atoms. The van der Waals surface area contributed by atoms with E-state index in [2.05, 4.69) is 16.8 Å². The van der Waals surface area contributed by atoms with Gasteiger partial charge in [-0.3, -0.25) is 0 Å². The van der Waals surface area contributed by atoms with Gasteiger partial charge in [0.05, 0.1) is 26.9 Å². The van der Waals surface area contributed by atoms with Crippen LogP contribution in [0.15, 0.2) is 18.2 Å². The SMILES string of the molecule is CCN(c1nc(C(=O)OC)c(CCCOc2ccc(C#CCN(C)C(=O)OC(C)(C)C)cc2F)s1)C1CCOC(C)(C)O1. The third-order valence-corrected chi connectivity index (χ3v) is 7.38. The number of hydrogen-bond donors (Lipinski definition) is 0. The zero-order valence-corrected chi connectivity index (χ0v) is 27.1. The summed E-state index contributed by atoms with van der Waals surface area (Å²) < 4.78 is 42.4. The molecule has 3 rings (SSSR count). The fraction of sp³-hybridized carbons (Fsp3) is 0.581. The molecule has 0 saturated carbocycles. The highest BCUT2D eigenvalue weighted by Crippen LogP contribution is 2.33. The van der Waals surface area contributed by atoms with E-state index >= 15 is 0 Å². The highest BCUT2D eigenvalue weighted by molar-refractivity contribution is 7.15. The standard InChI is InChI=1S/C31H42FN3O7S/c1-9-35(25-16-19-40-31(5,6)41-25)28-33-26(27(36)38-8)24(43-28)13-11-18-39-23-15-14-21(20-22(23)32)12-10-17-34(7)29(37)42-30(2,3)4/h14-15,20,25H,9,11,13,16-19H2,1-8H3. The first-order chi connectivity index (χ1) is 20.2. The summed E-state index contributed by atoms with van der Waals surface area (Å²) in [4.78, 5) is 33.3. The van der Waals surface area contributed by atoms with Gasteiger partial charge in [-0.2, -0.15) is 0 Å². The number of carbonyl (C=O) groups is 2. The third-order valence-electron chi connectivity index (χ3n) is 6.22. The highest BCUT2D eigenvalue weighted by Gasteiger charge is 2.34. The molecule has 1 fully saturated rings. The number of aromatic nitrogens is 1. The van der Waals surface area contributed by atoms with Gasteiger partial charge >= 0.3 is 12.1 Å². The Bertz CT molecular complexity index is 1330. The second-order valence-corrected chi connectivity index (χ2v) is 12.5. The van der Waals surface area contributed by atoms with Crippen molar-refractivity contribution in [1.29, 1.82) is 0 Å². The van der Waals surface area contributed by atoms with Crippen LogP contribution in [0.25, 0.3) is 0 Å². The summed E-state index contributed by atoms with van der Waals surface area (Å²) >= 11 is 1.41. The Kier molecular flexibility index (Phi) is 11.8. The summed E-state index contributed by atoms with van der Waals surface area (Å²) in [5.74, 6) is 4.04. The largest absolute Gasteiger partial charge is 0.491 e. The van der Waals surface area contributed by atoms with Gasteiger partial charge < -0.3 is 33.5 Å². The minimum absolute atomic E-state index is 0.103. The maximum atomic E-state index is 14.7. The number of amides is 1. The van der Waals surface area contributed by atoms with Crippen molar-refractivity contribution in [3.8, 4) is 17.6 Å². The molecule has 1 aliphatic heterocycles. The maximum absolute atomic E-state index is 14.7. The molecule has 1 aliphatic rings. The lowest BCUT2D eigenvalue weighted by Gasteiger charge is -2.40. The van der Waals surface area contributed by atoms with E-state index in [4.69, 9.17) is 23.7 Å². The average Bonchev–Trinajstić information content (AvgIpc) is 3.34. The van der Waals surface area contributed by atoms with Gasteiger partial charge in [0.25, 0.3) is 0 Å². The molecule has 2 aromatic rings. The van der Waals surface area contributed by atoms with Crippen LogP contribution in [0, 0.1) is 17.7 Å². The number of thiazole rings is 1. The maximum Gasteiger partial charge on any atom is 0.410 e. The van der Waals surface area contributed by atoms with Gasteiger partial charge in [0.1, 0.15) is 11.8 Å². The zero-order chi connectivity index (χ0) is 31.8. The van der Waals surface area contributed by atoms with E-state index in [1.165, 1.54) is 35.5 Å². The number of carbonyl (C=O) groups excluding carboxylic acids is 2. The van der Waals surface area contributed by atoms with E-state index in [1.807, 2.05) is 25.7 Å². The van der Waals surface area contributed by atoms with Crippen molar-refractivity contribution >= 4 is 28.5 Å². The van der Waals surface area contributed by atoms with Gasteiger partial charge in [-0.1, -0.05) is 11.8 Å². The van der Waals surface area contributed by atoms with Crippen molar-refractivity contribution in [3.05, 3.63) is 40.2 Å². The minimum atomic E-state index is -0.711. The Labute approximate surface area is 257 Å². The van der Waals surface area contributed by atoms with Crippen molar-refractivity contribution in [3.63, 3.8) is 0 Å². The van der Waals surface area contributed by atoms with Crippen molar-refractivity contribution in [2.45, 2.75) is 78.4 Å². The third kappa shape index (κ3) is 10.1. The van der Waals surface area contributed by atoms with Crippen molar-refractivity contribution in [2.24, 2.45) is 0 Å². The molecule has 0 radical (unpaired) electrons. The summed E-state index contributed by atoms with van der Waals surface area (Å²) in [5, 5.41) is 0.668. The number of ether oxygens (including phenoxy) is 5. The Morgan fingerprint density at radius 3 is 2.65 bits per heavy atom. The molecule has 0 bridgehead atoms. The second kappa shape index (κ2) is 14.9. The van der Waals surface area contributed by atoms with E-state index in [0.717, 1.165) is 4.88 Å². The molecule has 43 heavy (non-hydrogen) atoms. The van der Waals surface area contributed by atoms with E-state index in [1.54, 1.807) is 33.9 Å². The van der Waals surface area contributed by atoms with Crippen LogP contribution in [0.5, 0.6) is 5.75 Å². The molecular weight excluding hydrogens is 577 g/mol. The van der Waals surface area contributed by atoms with Gasteiger partial charge in [0.15, 0.2) is 28.2 Å². The van der Waals surface area contributed by atoms with E-state index in [-0.39, 0.29) is 30.8 Å². The first kappa shape index (κ1) is 34.1. The average molecular weight is 620 g/mol. The fourth-order valence-electron chi connectivity index (χ4n) is 4.17. The van der Waals surface area contributed by atoms with E-state index in [9.17, 15) is 14.0 Å². The summed E-state index contributed by atoms with van der Waals surface area (Å²) in [5.41, 5.74) is 0.123. The van der Waals surface area contributed by atoms with Crippen LogP contribution in [0.2, 0.25) is 0 Å². The smallest absolute Gasteiger partial charge is 0.410 e. The van der Waals surface area contributed by atoms with Gasteiger partial charge in [0, 0.05) is 30.5 Å². The quantitative estimate of drug-likeness (QED) is 0.191. The van der Waals surface area contributed by atoms with Crippen LogP contribution in [0.3, 0.4) is 0 Å². The number of benzene rings is 1. The lowest BCUT2D eigenvalue weighted by Crippen LogP contribution is -2.48. The number of esters is 1. The number of halogens is 1. The summed E-state index contributed by atoms with van der Waals surface area (Å²) in [7, 11) is 2.91. The highest BCUT2D eigenvalue weighted by atomic mass is 32.1. The molecule has 0 N–H and O–H groups in total. The molecule has 1 aromatic heterocycles. The Morgan fingerprint density at radius 2 is 2.02 bits per heavy atom. The minimum Gasteiger partial charge on any atom is -0.491 e. The van der Waals surface area contributed by atoms with Gasteiger partial charge in [0.2, 0.25) is 0 Å². The fourth-order valence-corrected chi connectivity index (χ4v) is 5.36. The monoisotopic (exact) mass is 619 g/mol. The lowest BCUT2D eigenvalue weighted by atomic mass is 10.2. The van der Waals surface area contributed by atoms with Gasteiger partial charge in [-0.25, -0.2) is 19.0 Å². The van der Waals surface area contributed by atoms with E-state index < -0.39 is 29.3 Å². The molecule has 1 aromatic carbocycles. The van der Waals surface area contributed by atoms with Crippen LogP contribution < -0.4 is 9.64 Å². The molecule has 12 heteroatoms. The van der Waals surface area contributed by atoms with Gasteiger partial charge in [-0.15, -0.1) is 11.3 Å². The van der Waals surface area contributed by atoms with Gasteiger partial charge in [-0.05, 0) is 72.6 Å². The van der Waals surface area contributed by atoms with Crippen molar-refractivity contribution < 1.29 is 37.7 Å². The Balaban J connectivity index is 1.58. The predicted molar refractivity (Wildman–Crippen MR) is 162 cm³/mol. The normalized spacial score (nSPS) is 16.1. The molecule has 1 amide bonds. The molecule has 1 saturated heterocycles. The van der Waals surface area contributed by atoms with Crippen molar-refractivity contribution in [2.75, 3.05) is 45.4 Å². The molecule has 236 valence electrons. The lowest BCUT2D eigenvalue weighted by molar-refractivity contribution is -0.272. The number of methoxy groups -OCH3 is 1. The van der Waals surface area contributed by atoms with E-state index in [0.29, 0.717) is 43.1 Å².